The molecule has 160 valence electrons. The Hall–Kier alpha value is -3.63. The van der Waals surface area contributed by atoms with E-state index in [1.54, 1.807) is 18.0 Å². The number of alkyl halides is 1. The zero-order valence-corrected chi connectivity index (χ0v) is 17.2. The van der Waals surface area contributed by atoms with Crippen molar-refractivity contribution >= 4 is 28.9 Å². The number of methoxy groups -OCH3 is 1. The van der Waals surface area contributed by atoms with E-state index in [2.05, 4.69) is 32.7 Å². The first kappa shape index (κ1) is 21.1. The number of imidazole rings is 1. The molecular formula is C19H25FN8O2. The van der Waals surface area contributed by atoms with Crippen LogP contribution < -0.4 is 20.7 Å². The number of nitrogens with two attached hydrogens (primary N) is 1. The van der Waals surface area contributed by atoms with Crippen LogP contribution in [0, 0.1) is 6.92 Å². The number of aryl methyl sites for hydroxylation is 2. The molecule has 4 heterocycles. The number of anilines is 3. The van der Waals surface area contributed by atoms with Crippen molar-refractivity contribution in [3.8, 4) is 5.88 Å². The van der Waals surface area contributed by atoms with Crippen LogP contribution in [0.4, 0.5) is 21.7 Å². The van der Waals surface area contributed by atoms with Crippen molar-refractivity contribution in [1.82, 2.24) is 24.1 Å². The number of halogens is 1. The number of aromatic nitrogens is 5. The molecule has 4 rings (SSSR count). The third-order valence-corrected chi connectivity index (χ3v) is 4.56. The number of primary amides is 1. The summed E-state index contributed by atoms with van der Waals surface area (Å²) in [5.74, 6) is 1.30. The molecular weight excluding hydrogens is 391 g/mol. The number of nitrogens with zero attached hydrogens (tertiary/aromatic N) is 6. The monoisotopic (exact) mass is 416 g/mol. The van der Waals surface area contributed by atoms with Gasteiger partial charge in [-0.05, 0) is 19.4 Å². The molecule has 1 aliphatic heterocycles. The Morgan fingerprint density at radius 3 is 2.80 bits per heavy atom. The molecule has 3 aromatic heterocycles. The van der Waals surface area contributed by atoms with Crippen LogP contribution in [0.5, 0.6) is 5.88 Å². The maximum absolute atomic E-state index is 13.6. The van der Waals surface area contributed by atoms with Gasteiger partial charge in [-0.15, -0.1) is 5.10 Å². The van der Waals surface area contributed by atoms with Crippen LogP contribution in [0.25, 0.3) is 5.65 Å². The second-order valence-corrected chi connectivity index (χ2v) is 6.83. The minimum absolute atomic E-state index is 0.363. The molecule has 10 nitrogen and oxygen atoms in total. The van der Waals surface area contributed by atoms with Crippen molar-refractivity contribution in [3.05, 3.63) is 36.9 Å². The fourth-order valence-corrected chi connectivity index (χ4v) is 3.09. The van der Waals surface area contributed by atoms with Gasteiger partial charge in [-0.2, -0.15) is 0 Å². The molecule has 0 aromatic carbocycles. The summed E-state index contributed by atoms with van der Waals surface area (Å²) >= 11 is 0. The highest BCUT2D eigenvalue weighted by Crippen LogP contribution is 2.29. The van der Waals surface area contributed by atoms with Crippen molar-refractivity contribution in [2.75, 3.05) is 30.4 Å². The molecule has 1 atom stereocenters. The largest absolute Gasteiger partial charge is 0.478 e. The normalized spacial score (nSPS) is 15.6. The Labute approximate surface area is 173 Å². The molecule has 1 unspecified atom stereocenters. The van der Waals surface area contributed by atoms with Gasteiger partial charge in [-0.1, -0.05) is 6.58 Å². The van der Waals surface area contributed by atoms with E-state index in [0.29, 0.717) is 42.5 Å². The van der Waals surface area contributed by atoms with Crippen molar-refractivity contribution in [3.63, 3.8) is 0 Å². The van der Waals surface area contributed by atoms with Gasteiger partial charge >= 0.3 is 0 Å². The van der Waals surface area contributed by atoms with Crippen LogP contribution in [0.1, 0.15) is 12.1 Å². The maximum Gasteiger partial charge on any atom is 0.256 e. The average Bonchev–Trinajstić information content (AvgIpc) is 3.41. The number of hydrogen-bond acceptors (Lipinski definition) is 7. The van der Waals surface area contributed by atoms with Crippen LogP contribution in [0.3, 0.4) is 0 Å². The second-order valence-electron chi connectivity index (χ2n) is 6.83. The Bertz CT molecular complexity index is 1060. The van der Waals surface area contributed by atoms with Crippen molar-refractivity contribution < 1.29 is 13.9 Å². The molecule has 3 aromatic rings. The van der Waals surface area contributed by atoms with Crippen LogP contribution in [-0.2, 0) is 11.8 Å². The van der Waals surface area contributed by atoms with Gasteiger partial charge < -0.3 is 20.7 Å². The molecule has 30 heavy (non-hydrogen) atoms. The SMILES string of the molecule is C=CC(N)=O.COc1nn(C)cc1Nc1nc(N2CCC(F)C2)cn2c(C)cnc12. The van der Waals surface area contributed by atoms with Gasteiger partial charge in [0.25, 0.3) is 5.88 Å². The Morgan fingerprint density at radius 2 is 2.20 bits per heavy atom. The molecule has 0 saturated carbocycles. The smallest absolute Gasteiger partial charge is 0.256 e. The second kappa shape index (κ2) is 8.80. The van der Waals surface area contributed by atoms with Crippen LogP contribution in [0.15, 0.2) is 31.2 Å². The molecule has 0 bridgehead atoms. The van der Waals surface area contributed by atoms with Gasteiger partial charge in [0.15, 0.2) is 11.5 Å². The minimum Gasteiger partial charge on any atom is -0.478 e. The Morgan fingerprint density at radius 1 is 1.47 bits per heavy atom. The van der Waals surface area contributed by atoms with E-state index in [1.165, 1.54) is 0 Å². The number of carbonyl (C=O) groups excluding carboxylic acids is 1. The van der Waals surface area contributed by atoms with Crippen molar-refractivity contribution in [1.29, 1.82) is 0 Å². The van der Waals surface area contributed by atoms with Gasteiger partial charge in [0, 0.05) is 25.5 Å². The lowest BCUT2D eigenvalue weighted by atomic mass is 10.3. The molecule has 0 radical (unpaired) electrons. The van der Waals surface area contributed by atoms with E-state index < -0.39 is 12.1 Å². The first-order chi connectivity index (χ1) is 14.3. The maximum atomic E-state index is 13.6. The summed E-state index contributed by atoms with van der Waals surface area (Å²) in [6.07, 6.45) is 6.28. The first-order valence-electron chi connectivity index (χ1n) is 9.32. The summed E-state index contributed by atoms with van der Waals surface area (Å²) in [5.41, 5.74) is 6.91. The Balaban J connectivity index is 0.000000461. The third kappa shape index (κ3) is 4.50. The summed E-state index contributed by atoms with van der Waals surface area (Å²) in [6.45, 7) is 6.08. The average molecular weight is 416 g/mol. The number of hydrogen-bond donors (Lipinski definition) is 2. The van der Waals surface area contributed by atoms with E-state index in [1.807, 2.05) is 35.7 Å². The number of amides is 1. The lowest BCUT2D eigenvalue weighted by molar-refractivity contribution is -0.113. The summed E-state index contributed by atoms with van der Waals surface area (Å²) < 4.78 is 22.5. The van der Waals surface area contributed by atoms with E-state index in [0.717, 1.165) is 17.6 Å². The quantitative estimate of drug-likeness (QED) is 0.609. The molecule has 0 aliphatic carbocycles. The number of carbonyl (C=O) groups is 1. The van der Waals surface area contributed by atoms with Crippen molar-refractivity contribution in [2.24, 2.45) is 12.8 Å². The topological polar surface area (TPSA) is 116 Å². The standard InChI is InChI=1S/C16H20FN7O.C3H5NO/c1-10-6-18-15-14(19-12-8-22(2)21-16(12)25-3)20-13(9-24(10)15)23-5-4-11(17)7-23;1-2-3(4)5/h6,8-9,11H,4-5,7H2,1-3H3,(H,19,20);2H,1H2,(H2,4,5). The van der Waals surface area contributed by atoms with Crippen LogP contribution >= 0.6 is 0 Å². The predicted octanol–water partition coefficient (Wildman–Crippen LogP) is 1.73. The highest BCUT2D eigenvalue weighted by Gasteiger charge is 2.24. The van der Waals surface area contributed by atoms with E-state index in [4.69, 9.17) is 4.74 Å². The lowest BCUT2D eigenvalue weighted by Crippen LogP contribution is -2.22. The van der Waals surface area contributed by atoms with E-state index in [-0.39, 0.29) is 0 Å². The molecule has 3 N–H and O–H groups in total. The molecule has 1 amide bonds. The van der Waals surface area contributed by atoms with Crippen LogP contribution in [-0.4, -0.2) is 56.4 Å². The zero-order valence-electron chi connectivity index (χ0n) is 17.2. The molecule has 1 saturated heterocycles. The van der Waals surface area contributed by atoms with Crippen molar-refractivity contribution in [2.45, 2.75) is 19.5 Å². The van der Waals surface area contributed by atoms with E-state index in [9.17, 15) is 9.18 Å². The van der Waals surface area contributed by atoms with Crippen LogP contribution in [0.2, 0.25) is 0 Å². The number of rotatable bonds is 5. The molecule has 0 spiro atoms. The number of fused-ring (bicyclic) bond motifs is 1. The summed E-state index contributed by atoms with van der Waals surface area (Å²) in [6, 6.07) is 0. The fraction of sp³-hybridized carbons (Fsp3) is 0.368. The molecule has 11 heteroatoms. The fourth-order valence-electron chi connectivity index (χ4n) is 3.09. The Kier molecular flexibility index (Phi) is 6.19. The zero-order chi connectivity index (χ0) is 21.8. The number of ether oxygens (including phenoxy) is 1. The lowest BCUT2D eigenvalue weighted by Gasteiger charge is -2.18. The van der Waals surface area contributed by atoms with Gasteiger partial charge in [-0.25, -0.2) is 14.4 Å². The summed E-state index contributed by atoms with van der Waals surface area (Å²) in [7, 11) is 3.39. The summed E-state index contributed by atoms with van der Waals surface area (Å²) in [5, 5.41) is 7.49. The van der Waals surface area contributed by atoms with Gasteiger partial charge in [-0.3, -0.25) is 13.9 Å². The third-order valence-electron chi connectivity index (χ3n) is 4.56. The minimum atomic E-state index is -0.809. The number of nitrogens with one attached hydrogen (secondary N) is 1. The first-order valence-corrected chi connectivity index (χ1v) is 9.32. The highest BCUT2D eigenvalue weighted by atomic mass is 19.1. The molecule has 1 aliphatic rings. The van der Waals surface area contributed by atoms with Gasteiger partial charge in [0.1, 0.15) is 17.7 Å². The van der Waals surface area contributed by atoms with Gasteiger partial charge in [0.2, 0.25) is 5.91 Å². The highest BCUT2D eigenvalue weighted by molar-refractivity contribution is 5.85. The van der Waals surface area contributed by atoms with Gasteiger partial charge in [0.05, 0.1) is 26.0 Å². The van der Waals surface area contributed by atoms with E-state index >= 15 is 0 Å². The summed E-state index contributed by atoms with van der Waals surface area (Å²) in [4.78, 5) is 20.5. The molecule has 1 fully saturated rings. The predicted molar refractivity (Wildman–Crippen MR) is 112 cm³/mol.